The first-order valence-corrected chi connectivity index (χ1v) is 6.27. The molecule has 5 nitrogen and oxygen atoms in total. The van der Waals surface area contributed by atoms with Crippen LogP contribution in [0, 0.1) is 5.82 Å². The highest BCUT2D eigenvalue weighted by molar-refractivity contribution is 5.53. The molecule has 0 bridgehead atoms. The van der Waals surface area contributed by atoms with Gasteiger partial charge in [0, 0.05) is 24.7 Å². The molecule has 0 unspecified atom stereocenters. The van der Waals surface area contributed by atoms with E-state index in [2.05, 4.69) is 15.0 Å². The minimum absolute atomic E-state index is 0.236. The van der Waals surface area contributed by atoms with Crippen molar-refractivity contribution in [2.75, 3.05) is 13.1 Å². The summed E-state index contributed by atoms with van der Waals surface area (Å²) < 4.78 is 18.0. The summed E-state index contributed by atoms with van der Waals surface area (Å²) in [6.45, 7) is 2.42. The predicted molar refractivity (Wildman–Crippen MR) is 67.6 cm³/mol. The Morgan fingerprint density at radius 3 is 2.84 bits per heavy atom. The topological polar surface area (TPSA) is 68.2 Å². The first-order valence-electron chi connectivity index (χ1n) is 6.27. The van der Waals surface area contributed by atoms with E-state index < -0.39 is 0 Å². The molecule has 1 atom stereocenters. The van der Waals surface area contributed by atoms with Gasteiger partial charge in [0.25, 0.3) is 0 Å². The van der Waals surface area contributed by atoms with Crippen molar-refractivity contribution < 1.29 is 8.91 Å². The third kappa shape index (κ3) is 2.80. The van der Waals surface area contributed by atoms with E-state index in [1.807, 2.05) is 0 Å². The number of benzene rings is 1. The van der Waals surface area contributed by atoms with Crippen molar-refractivity contribution in [2.24, 2.45) is 5.73 Å². The van der Waals surface area contributed by atoms with Gasteiger partial charge in [0.1, 0.15) is 5.82 Å². The summed E-state index contributed by atoms with van der Waals surface area (Å²) in [5.74, 6) is 0.769. The highest BCUT2D eigenvalue weighted by Crippen LogP contribution is 2.17. The van der Waals surface area contributed by atoms with E-state index in [-0.39, 0.29) is 11.9 Å². The number of hydrogen-bond donors (Lipinski definition) is 1. The maximum absolute atomic E-state index is 12.8. The maximum atomic E-state index is 12.8. The van der Waals surface area contributed by atoms with Gasteiger partial charge in [-0.15, -0.1) is 0 Å². The summed E-state index contributed by atoms with van der Waals surface area (Å²) in [6.07, 6.45) is 0.999. The molecule has 3 rings (SSSR count). The summed E-state index contributed by atoms with van der Waals surface area (Å²) in [7, 11) is 0. The van der Waals surface area contributed by atoms with E-state index in [4.69, 9.17) is 10.3 Å². The second-order valence-electron chi connectivity index (χ2n) is 4.80. The Bertz CT molecular complexity index is 554. The van der Waals surface area contributed by atoms with Crippen molar-refractivity contribution in [1.29, 1.82) is 0 Å². The maximum Gasteiger partial charge on any atom is 0.241 e. The summed E-state index contributed by atoms with van der Waals surface area (Å²) in [4.78, 5) is 6.50. The standard InChI is InChI=1S/C13H15FN4O/c14-10-3-1-9(2-4-10)13-16-12(19-17-13)8-18-6-5-11(15)7-18/h1-4,11H,5-8,15H2/t11-/m0/s1. The minimum atomic E-state index is -0.279. The number of nitrogens with two attached hydrogens (primary N) is 1. The molecule has 6 heteroatoms. The van der Waals surface area contributed by atoms with Gasteiger partial charge in [-0.05, 0) is 30.7 Å². The Hall–Kier alpha value is -1.79. The number of halogens is 1. The Morgan fingerprint density at radius 1 is 1.37 bits per heavy atom. The van der Waals surface area contributed by atoms with Crippen molar-refractivity contribution in [3.05, 3.63) is 36.0 Å². The van der Waals surface area contributed by atoms with Crippen LogP contribution in [0.5, 0.6) is 0 Å². The Balaban J connectivity index is 1.71. The van der Waals surface area contributed by atoms with Crippen molar-refractivity contribution in [2.45, 2.75) is 19.0 Å². The molecule has 0 amide bonds. The molecule has 2 heterocycles. The lowest BCUT2D eigenvalue weighted by Gasteiger charge is -2.10. The van der Waals surface area contributed by atoms with Crippen LogP contribution >= 0.6 is 0 Å². The van der Waals surface area contributed by atoms with Crippen molar-refractivity contribution in [3.63, 3.8) is 0 Å². The molecular formula is C13H15FN4O. The van der Waals surface area contributed by atoms with Crippen LogP contribution in [0.4, 0.5) is 4.39 Å². The van der Waals surface area contributed by atoms with E-state index in [9.17, 15) is 4.39 Å². The molecule has 1 aromatic carbocycles. The summed E-state index contributed by atoms with van der Waals surface area (Å²) in [5.41, 5.74) is 6.59. The first kappa shape index (κ1) is 12.3. The number of rotatable bonds is 3. The lowest BCUT2D eigenvalue weighted by Crippen LogP contribution is -2.26. The number of hydrogen-bond acceptors (Lipinski definition) is 5. The third-order valence-corrected chi connectivity index (χ3v) is 3.24. The predicted octanol–water partition coefficient (Wildman–Crippen LogP) is 1.41. The zero-order valence-electron chi connectivity index (χ0n) is 10.4. The zero-order valence-corrected chi connectivity index (χ0v) is 10.4. The fourth-order valence-corrected chi connectivity index (χ4v) is 2.23. The number of nitrogens with zero attached hydrogens (tertiary/aromatic N) is 3. The van der Waals surface area contributed by atoms with Crippen LogP contribution in [-0.2, 0) is 6.54 Å². The lowest BCUT2D eigenvalue weighted by atomic mass is 10.2. The molecule has 1 aliphatic rings. The Morgan fingerprint density at radius 2 is 2.16 bits per heavy atom. The first-order chi connectivity index (χ1) is 9.20. The molecule has 100 valence electrons. The molecule has 1 aliphatic heterocycles. The van der Waals surface area contributed by atoms with Crippen molar-refractivity contribution in [1.82, 2.24) is 15.0 Å². The van der Waals surface area contributed by atoms with E-state index in [0.717, 1.165) is 25.1 Å². The normalized spacial score (nSPS) is 20.0. The van der Waals surface area contributed by atoms with Gasteiger partial charge in [-0.2, -0.15) is 4.98 Å². The number of likely N-dealkylation sites (tertiary alicyclic amines) is 1. The smallest absolute Gasteiger partial charge is 0.241 e. The fraction of sp³-hybridized carbons (Fsp3) is 0.385. The highest BCUT2D eigenvalue weighted by atomic mass is 19.1. The van der Waals surface area contributed by atoms with Crippen molar-refractivity contribution in [3.8, 4) is 11.4 Å². The molecule has 0 saturated carbocycles. The van der Waals surface area contributed by atoms with Crippen molar-refractivity contribution >= 4 is 0 Å². The molecule has 1 fully saturated rings. The molecule has 1 saturated heterocycles. The monoisotopic (exact) mass is 262 g/mol. The van der Waals surface area contributed by atoms with Gasteiger partial charge in [0.2, 0.25) is 11.7 Å². The van der Waals surface area contributed by atoms with Crippen LogP contribution in [-0.4, -0.2) is 34.2 Å². The molecule has 19 heavy (non-hydrogen) atoms. The second kappa shape index (κ2) is 5.07. The van der Waals surface area contributed by atoms with Gasteiger partial charge >= 0.3 is 0 Å². The van der Waals surface area contributed by atoms with Crippen LogP contribution in [0.3, 0.4) is 0 Å². The van der Waals surface area contributed by atoms with Crippen LogP contribution in [0.15, 0.2) is 28.8 Å². The van der Waals surface area contributed by atoms with Crippen LogP contribution in [0.1, 0.15) is 12.3 Å². The number of aromatic nitrogens is 2. The van der Waals surface area contributed by atoms with Gasteiger partial charge < -0.3 is 10.3 Å². The Labute approximate surface area is 110 Å². The molecule has 1 aromatic heterocycles. The zero-order chi connectivity index (χ0) is 13.2. The molecular weight excluding hydrogens is 247 g/mol. The average molecular weight is 262 g/mol. The van der Waals surface area contributed by atoms with Crippen LogP contribution < -0.4 is 5.73 Å². The molecule has 0 spiro atoms. The molecule has 0 aliphatic carbocycles. The van der Waals surface area contributed by atoms with E-state index >= 15 is 0 Å². The fourth-order valence-electron chi connectivity index (χ4n) is 2.23. The molecule has 2 aromatic rings. The summed E-state index contributed by atoms with van der Waals surface area (Å²) in [6, 6.07) is 6.26. The summed E-state index contributed by atoms with van der Waals surface area (Å²) >= 11 is 0. The van der Waals surface area contributed by atoms with Crippen LogP contribution in [0.25, 0.3) is 11.4 Å². The van der Waals surface area contributed by atoms with Gasteiger partial charge in [-0.1, -0.05) is 5.16 Å². The van der Waals surface area contributed by atoms with E-state index in [1.54, 1.807) is 12.1 Å². The van der Waals surface area contributed by atoms with Gasteiger partial charge in [0.05, 0.1) is 6.54 Å². The third-order valence-electron chi connectivity index (χ3n) is 3.24. The average Bonchev–Trinajstić information content (AvgIpc) is 3.00. The van der Waals surface area contributed by atoms with Gasteiger partial charge in [-0.25, -0.2) is 4.39 Å². The second-order valence-corrected chi connectivity index (χ2v) is 4.80. The minimum Gasteiger partial charge on any atom is -0.338 e. The molecule has 2 N–H and O–H groups in total. The lowest BCUT2D eigenvalue weighted by molar-refractivity contribution is 0.265. The quantitative estimate of drug-likeness (QED) is 0.905. The molecule has 0 radical (unpaired) electrons. The SMILES string of the molecule is N[C@H]1CCN(Cc2nc(-c3ccc(F)cc3)no2)C1. The van der Waals surface area contributed by atoms with Gasteiger partial charge in [0.15, 0.2) is 0 Å². The largest absolute Gasteiger partial charge is 0.338 e. The Kier molecular flexibility index (Phi) is 3.27. The van der Waals surface area contributed by atoms with Crippen LogP contribution in [0.2, 0.25) is 0 Å². The van der Waals surface area contributed by atoms with E-state index in [1.165, 1.54) is 12.1 Å². The highest BCUT2D eigenvalue weighted by Gasteiger charge is 2.21. The van der Waals surface area contributed by atoms with Gasteiger partial charge in [-0.3, -0.25) is 4.90 Å². The summed E-state index contributed by atoms with van der Waals surface area (Å²) in [5, 5.41) is 3.91. The van der Waals surface area contributed by atoms with E-state index in [0.29, 0.717) is 18.3 Å².